The number of aromatic nitrogens is 2. The van der Waals surface area contributed by atoms with E-state index >= 15 is 0 Å². The van der Waals surface area contributed by atoms with Crippen molar-refractivity contribution in [3.05, 3.63) is 37.1 Å². The van der Waals surface area contributed by atoms with Gasteiger partial charge in [-0.3, -0.25) is 14.6 Å². The molecular weight excluding hydrogens is 206 g/mol. The standard InChI is InChI=1S/C11H11N3O2/c1-2-14-6-3-8(11(14)16)10(15)9-7-12-4-5-13-9/h2,4-5,7-8H,1,3,6H2. The van der Waals surface area contributed by atoms with Crippen molar-refractivity contribution in [3.8, 4) is 0 Å². The molecule has 0 N–H and O–H groups in total. The van der Waals surface area contributed by atoms with E-state index in [0.717, 1.165) is 0 Å². The Morgan fingerprint density at radius 2 is 2.38 bits per heavy atom. The lowest BCUT2D eigenvalue weighted by Crippen LogP contribution is -2.27. The van der Waals surface area contributed by atoms with Gasteiger partial charge in [0.1, 0.15) is 11.6 Å². The molecule has 1 aromatic heterocycles. The Labute approximate surface area is 92.8 Å². The third-order valence-corrected chi connectivity index (χ3v) is 2.59. The molecule has 0 saturated carbocycles. The van der Waals surface area contributed by atoms with Crippen molar-refractivity contribution in [1.29, 1.82) is 0 Å². The zero-order valence-electron chi connectivity index (χ0n) is 8.67. The first-order chi connectivity index (χ1) is 7.74. The van der Waals surface area contributed by atoms with Crippen LogP contribution in [0.3, 0.4) is 0 Å². The van der Waals surface area contributed by atoms with E-state index in [9.17, 15) is 9.59 Å². The van der Waals surface area contributed by atoms with Crippen LogP contribution >= 0.6 is 0 Å². The van der Waals surface area contributed by atoms with Gasteiger partial charge in [-0.25, -0.2) is 4.98 Å². The average molecular weight is 217 g/mol. The molecule has 1 unspecified atom stereocenters. The van der Waals surface area contributed by atoms with Crippen LogP contribution in [0.2, 0.25) is 0 Å². The van der Waals surface area contributed by atoms with Crippen molar-refractivity contribution in [2.45, 2.75) is 6.42 Å². The SMILES string of the molecule is C=CN1CCC(C(=O)c2cnccn2)C1=O. The van der Waals surface area contributed by atoms with Crippen LogP contribution in [0.5, 0.6) is 0 Å². The van der Waals surface area contributed by atoms with Crippen LogP contribution in [0, 0.1) is 5.92 Å². The van der Waals surface area contributed by atoms with Crippen molar-refractivity contribution in [1.82, 2.24) is 14.9 Å². The number of nitrogens with zero attached hydrogens (tertiary/aromatic N) is 3. The fourth-order valence-corrected chi connectivity index (χ4v) is 1.73. The molecule has 0 radical (unpaired) electrons. The highest BCUT2D eigenvalue weighted by Gasteiger charge is 2.36. The molecule has 5 heteroatoms. The summed E-state index contributed by atoms with van der Waals surface area (Å²) in [5.41, 5.74) is 0.242. The normalized spacial score (nSPS) is 19.9. The number of hydrogen-bond donors (Lipinski definition) is 0. The Bertz CT molecular complexity index is 430. The molecule has 1 aliphatic rings. The van der Waals surface area contributed by atoms with Gasteiger partial charge < -0.3 is 4.90 Å². The molecule has 0 aromatic carbocycles. The number of Topliss-reactive ketones (excluding diaryl/α,β-unsaturated/α-hetero) is 1. The smallest absolute Gasteiger partial charge is 0.237 e. The number of hydrogen-bond acceptors (Lipinski definition) is 4. The maximum atomic E-state index is 11.9. The Balaban J connectivity index is 2.19. The zero-order chi connectivity index (χ0) is 11.5. The first kappa shape index (κ1) is 10.5. The number of ketones is 1. The topological polar surface area (TPSA) is 63.2 Å². The van der Waals surface area contributed by atoms with Crippen LogP contribution in [0.15, 0.2) is 31.4 Å². The lowest BCUT2D eigenvalue weighted by molar-refractivity contribution is -0.127. The van der Waals surface area contributed by atoms with E-state index in [1.807, 2.05) is 0 Å². The third-order valence-electron chi connectivity index (χ3n) is 2.59. The van der Waals surface area contributed by atoms with Crippen LogP contribution < -0.4 is 0 Å². The van der Waals surface area contributed by atoms with Crippen molar-refractivity contribution >= 4 is 11.7 Å². The first-order valence-electron chi connectivity index (χ1n) is 4.97. The van der Waals surface area contributed by atoms with Crippen molar-refractivity contribution in [3.63, 3.8) is 0 Å². The highest BCUT2D eigenvalue weighted by molar-refractivity contribution is 6.10. The molecule has 16 heavy (non-hydrogen) atoms. The van der Waals surface area contributed by atoms with Crippen LogP contribution in [-0.4, -0.2) is 33.1 Å². The third kappa shape index (κ3) is 1.71. The van der Waals surface area contributed by atoms with E-state index in [2.05, 4.69) is 16.5 Å². The van der Waals surface area contributed by atoms with E-state index in [4.69, 9.17) is 0 Å². The van der Waals surface area contributed by atoms with E-state index in [1.54, 1.807) is 0 Å². The van der Waals surface area contributed by atoms with Gasteiger partial charge in [0.2, 0.25) is 5.91 Å². The summed E-state index contributed by atoms with van der Waals surface area (Å²) in [4.78, 5) is 32.8. The zero-order valence-corrected chi connectivity index (χ0v) is 8.67. The maximum absolute atomic E-state index is 11.9. The quantitative estimate of drug-likeness (QED) is 0.551. The molecule has 1 amide bonds. The van der Waals surface area contributed by atoms with Gasteiger partial charge in [0.05, 0.1) is 6.20 Å². The molecule has 1 atom stereocenters. The molecule has 1 aliphatic heterocycles. The van der Waals surface area contributed by atoms with E-state index in [1.165, 1.54) is 29.7 Å². The highest BCUT2D eigenvalue weighted by atomic mass is 16.2. The summed E-state index contributed by atoms with van der Waals surface area (Å²) < 4.78 is 0. The Kier molecular flexibility index (Phi) is 2.76. The second-order valence-electron chi connectivity index (χ2n) is 3.51. The molecule has 0 spiro atoms. The number of rotatable bonds is 3. The molecule has 0 bridgehead atoms. The van der Waals surface area contributed by atoms with Gasteiger partial charge in [-0.05, 0) is 12.6 Å². The summed E-state index contributed by atoms with van der Waals surface area (Å²) in [5.74, 6) is -1.09. The molecule has 2 heterocycles. The summed E-state index contributed by atoms with van der Waals surface area (Å²) in [7, 11) is 0. The number of likely N-dealkylation sites (tertiary alicyclic amines) is 1. The first-order valence-corrected chi connectivity index (χ1v) is 4.97. The van der Waals surface area contributed by atoms with Crippen LogP contribution in [0.25, 0.3) is 0 Å². The lowest BCUT2D eigenvalue weighted by Gasteiger charge is -2.09. The van der Waals surface area contributed by atoms with Crippen molar-refractivity contribution < 1.29 is 9.59 Å². The summed E-state index contributed by atoms with van der Waals surface area (Å²) in [6.45, 7) is 4.07. The van der Waals surface area contributed by atoms with Crippen LogP contribution in [-0.2, 0) is 4.79 Å². The summed E-state index contributed by atoms with van der Waals surface area (Å²) >= 11 is 0. The number of carbonyl (C=O) groups is 2. The second-order valence-corrected chi connectivity index (χ2v) is 3.51. The molecule has 5 nitrogen and oxygen atoms in total. The lowest BCUT2D eigenvalue weighted by atomic mass is 10.0. The van der Waals surface area contributed by atoms with Crippen LogP contribution in [0.4, 0.5) is 0 Å². The molecule has 1 saturated heterocycles. The van der Waals surface area contributed by atoms with Gasteiger partial charge in [-0.2, -0.15) is 0 Å². The summed E-state index contributed by atoms with van der Waals surface area (Å²) in [5, 5.41) is 0. The van der Waals surface area contributed by atoms with Crippen molar-refractivity contribution in [2.75, 3.05) is 6.54 Å². The van der Waals surface area contributed by atoms with Gasteiger partial charge in [0, 0.05) is 18.9 Å². The number of amides is 1. The fourth-order valence-electron chi connectivity index (χ4n) is 1.73. The van der Waals surface area contributed by atoms with Gasteiger partial charge in [0.25, 0.3) is 0 Å². The van der Waals surface area contributed by atoms with Gasteiger partial charge in [0.15, 0.2) is 5.78 Å². The maximum Gasteiger partial charge on any atom is 0.237 e. The predicted octanol–water partition coefficient (Wildman–Crippen LogP) is 0.651. The fraction of sp³-hybridized carbons (Fsp3) is 0.273. The largest absolute Gasteiger partial charge is 0.319 e. The van der Waals surface area contributed by atoms with E-state index in [0.29, 0.717) is 13.0 Å². The van der Waals surface area contributed by atoms with Crippen LogP contribution in [0.1, 0.15) is 16.9 Å². The monoisotopic (exact) mass is 217 g/mol. The Morgan fingerprint density at radius 3 is 2.94 bits per heavy atom. The highest BCUT2D eigenvalue weighted by Crippen LogP contribution is 2.21. The van der Waals surface area contributed by atoms with E-state index in [-0.39, 0.29) is 17.4 Å². The number of carbonyl (C=O) groups excluding carboxylic acids is 2. The molecule has 0 aliphatic carbocycles. The molecule has 1 aromatic rings. The minimum absolute atomic E-state index is 0.203. The summed E-state index contributed by atoms with van der Waals surface area (Å²) in [6, 6.07) is 0. The average Bonchev–Trinajstić information content (AvgIpc) is 2.70. The van der Waals surface area contributed by atoms with Gasteiger partial charge in [-0.1, -0.05) is 6.58 Å². The molecule has 1 fully saturated rings. The van der Waals surface area contributed by atoms with Crippen molar-refractivity contribution in [2.24, 2.45) is 5.92 Å². The second kappa shape index (κ2) is 4.22. The molecule has 2 rings (SSSR count). The minimum Gasteiger partial charge on any atom is -0.319 e. The Hall–Kier alpha value is -2.04. The molecule has 82 valence electrons. The molecular formula is C11H11N3O2. The Morgan fingerprint density at radius 1 is 1.56 bits per heavy atom. The van der Waals surface area contributed by atoms with Gasteiger partial charge in [-0.15, -0.1) is 0 Å². The van der Waals surface area contributed by atoms with E-state index < -0.39 is 5.92 Å². The minimum atomic E-state index is -0.630. The predicted molar refractivity (Wildman–Crippen MR) is 56.4 cm³/mol. The summed E-state index contributed by atoms with van der Waals surface area (Å²) in [6.07, 6.45) is 6.28. The van der Waals surface area contributed by atoms with Gasteiger partial charge >= 0.3 is 0 Å².